The van der Waals surface area contributed by atoms with E-state index in [2.05, 4.69) is 41.3 Å². The third-order valence-corrected chi connectivity index (χ3v) is 9.26. The summed E-state index contributed by atoms with van der Waals surface area (Å²) < 4.78 is 12.6. The van der Waals surface area contributed by atoms with Crippen LogP contribution < -0.4 is 0 Å². The van der Waals surface area contributed by atoms with Gasteiger partial charge in [-0.1, -0.05) is 90.2 Å². The number of hydrogen-bond acceptors (Lipinski definition) is 4. The van der Waals surface area contributed by atoms with Crippen LogP contribution in [-0.2, 0) is 19.1 Å². The van der Waals surface area contributed by atoms with Crippen LogP contribution >= 0.6 is 0 Å². The first kappa shape index (κ1) is 44.3. The van der Waals surface area contributed by atoms with E-state index in [0.717, 1.165) is 25.7 Å². The first-order chi connectivity index (χ1) is 21.9. The van der Waals surface area contributed by atoms with Gasteiger partial charge in [0.05, 0.1) is 67.6 Å². The zero-order chi connectivity index (χ0) is 34.5. The summed E-state index contributed by atoms with van der Waals surface area (Å²) in [5.74, 6) is -0.522. The normalized spacial score (nSPS) is 11.9. The monoisotopic (exact) mass is 651 g/mol. The molecule has 0 rings (SSSR count). The number of quaternary nitrogens is 2. The van der Waals surface area contributed by atoms with Gasteiger partial charge in [0.25, 0.3) is 0 Å². The number of nitrogens with zero attached hydrogens (tertiary/aromatic N) is 2. The predicted molar refractivity (Wildman–Crippen MR) is 197 cm³/mol. The first-order valence-electron chi connectivity index (χ1n) is 19.2. The second-order valence-electron chi connectivity index (χ2n) is 15.4. The van der Waals surface area contributed by atoms with Crippen molar-refractivity contribution < 1.29 is 28.0 Å². The Morgan fingerprint density at radius 2 is 0.587 bits per heavy atom. The molecular formula is C40H78N2O4+2. The van der Waals surface area contributed by atoms with Gasteiger partial charge < -0.3 is 18.4 Å². The van der Waals surface area contributed by atoms with Crippen molar-refractivity contribution in [1.82, 2.24) is 0 Å². The molecule has 6 heteroatoms. The number of rotatable bonds is 33. The maximum absolute atomic E-state index is 11.4. The molecule has 0 radical (unpaired) electrons. The molecule has 0 aromatic heterocycles. The van der Waals surface area contributed by atoms with Crippen LogP contribution in [0.15, 0.2) is 24.3 Å². The summed E-state index contributed by atoms with van der Waals surface area (Å²) in [7, 11) is 9.67. The summed E-state index contributed by atoms with van der Waals surface area (Å²) in [4.78, 5) is 22.7. The van der Waals surface area contributed by atoms with Crippen molar-refractivity contribution in [3.05, 3.63) is 24.3 Å². The highest BCUT2D eigenvalue weighted by Crippen LogP contribution is 2.15. The van der Waals surface area contributed by atoms with Crippen molar-refractivity contribution >= 4 is 11.9 Å². The molecule has 0 saturated carbocycles. The molecule has 0 aromatic rings. The van der Waals surface area contributed by atoms with E-state index < -0.39 is 0 Å². The summed E-state index contributed by atoms with van der Waals surface area (Å²) in [6.07, 6.45) is 28.3. The molecular weight excluding hydrogens is 572 g/mol. The maximum atomic E-state index is 11.4. The Morgan fingerprint density at radius 3 is 0.804 bits per heavy atom. The van der Waals surface area contributed by atoms with E-state index in [4.69, 9.17) is 9.47 Å². The first-order valence-corrected chi connectivity index (χ1v) is 19.2. The lowest BCUT2D eigenvalue weighted by Crippen LogP contribution is -2.41. The maximum Gasteiger partial charge on any atom is 0.333 e. The van der Waals surface area contributed by atoms with Gasteiger partial charge in [0.1, 0.15) is 0 Å². The molecule has 0 heterocycles. The van der Waals surface area contributed by atoms with Crippen molar-refractivity contribution in [3.8, 4) is 0 Å². The molecule has 6 nitrogen and oxygen atoms in total. The van der Waals surface area contributed by atoms with Crippen LogP contribution in [0.5, 0.6) is 0 Å². The van der Waals surface area contributed by atoms with Crippen LogP contribution in [0, 0.1) is 0 Å². The largest absolute Gasteiger partial charge is 0.462 e. The van der Waals surface area contributed by atoms with Gasteiger partial charge in [0, 0.05) is 11.1 Å². The van der Waals surface area contributed by atoms with Gasteiger partial charge in [-0.05, 0) is 78.1 Å². The summed E-state index contributed by atoms with van der Waals surface area (Å²) in [5, 5.41) is 0. The van der Waals surface area contributed by atoms with Crippen LogP contribution in [0.3, 0.4) is 0 Å². The Balaban J connectivity index is 3.55. The molecule has 0 atom stereocenters. The third-order valence-electron chi connectivity index (χ3n) is 9.26. The molecule has 0 unspecified atom stereocenters. The fourth-order valence-corrected chi connectivity index (χ4v) is 5.99. The van der Waals surface area contributed by atoms with Crippen LogP contribution in [0.2, 0.25) is 0 Å². The number of unbranched alkanes of at least 4 members (excludes halogenated alkanes) is 19. The van der Waals surface area contributed by atoms with Crippen LogP contribution in [0.1, 0.15) is 155 Å². The molecule has 0 spiro atoms. The smallest absolute Gasteiger partial charge is 0.333 e. The van der Waals surface area contributed by atoms with Crippen molar-refractivity contribution in [2.75, 3.05) is 67.6 Å². The Hall–Kier alpha value is -1.66. The minimum absolute atomic E-state index is 0.261. The quantitative estimate of drug-likeness (QED) is 0.0307. The molecule has 270 valence electrons. The van der Waals surface area contributed by atoms with Gasteiger partial charge in [-0.25, -0.2) is 9.59 Å². The molecule has 0 aliphatic heterocycles. The van der Waals surface area contributed by atoms with E-state index in [1.54, 1.807) is 13.8 Å². The minimum Gasteiger partial charge on any atom is -0.462 e. The van der Waals surface area contributed by atoms with E-state index in [9.17, 15) is 9.59 Å². The van der Waals surface area contributed by atoms with E-state index >= 15 is 0 Å². The Bertz CT molecular complexity index is 739. The van der Waals surface area contributed by atoms with Gasteiger partial charge in [-0.3, -0.25) is 0 Å². The topological polar surface area (TPSA) is 52.6 Å². The van der Waals surface area contributed by atoms with Gasteiger partial charge in [-0.15, -0.1) is 0 Å². The fraction of sp³-hybridized carbons (Fsp3) is 0.850. The number of esters is 2. The number of carbonyl (C=O) groups excluding carboxylic acids is 2. The van der Waals surface area contributed by atoms with E-state index in [0.29, 0.717) is 24.4 Å². The van der Waals surface area contributed by atoms with Gasteiger partial charge >= 0.3 is 11.9 Å². The number of ether oxygens (including phenoxy) is 2. The Kier molecular flexibility index (Phi) is 27.3. The van der Waals surface area contributed by atoms with Gasteiger partial charge in [-0.2, -0.15) is 0 Å². The molecule has 0 aliphatic carbocycles. The molecule has 0 amide bonds. The molecule has 0 saturated heterocycles. The summed E-state index contributed by atoms with van der Waals surface area (Å²) in [6, 6.07) is 0. The predicted octanol–water partition coefficient (Wildman–Crippen LogP) is 9.96. The lowest BCUT2D eigenvalue weighted by atomic mass is 10.1. The SMILES string of the molecule is C=C(C)C(=O)OCCCCCCCCCCC[N+](C)(C)CCCCCC[N+](C)(C)CCCCCCCCCCCOC(=O)C(=C)C. The van der Waals surface area contributed by atoms with Crippen molar-refractivity contribution in [2.45, 2.75) is 155 Å². The highest BCUT2D eigenvalue weighted by molar-refractivity contribution is 5.87. The molecule has 0 aliphatic rings. The van der Waals surface area contributed by atoms with Gasteiger partial charge in [0.15, 0.2) is 0 Å². The third kappa shape index (κ3) is 29.7. The fourth-order valence-electron chi connectivity index (χ4n) is 5.99. The molecule has 0 N–H and O–H groups in total. The zero-order valence-electron chi connectivity index (χ0n) is 31.7. The average molecular weight is 651 g/mol. The number of carbonyl (C=O) groups is 2. The average Bonchev–Trinajstić information content (AvgIpc) is 2.99. The summed E-state index contributed by atoms with van der Waals surface area (Å²) in [6.45, 7) is 16.9. The second-order valence-corrected chi connectivity index (χ2v) is 15.4. The van der Waals surface area contributed by atoms with Crippen LogP contribution in [0.4, 0.5) is 0 Å². The van der Waals surface area contributed by atoms with Crippen LogP contribution in [0.25, 0.3) is 0 Å². The lowest BCUT2D eigenvalue weighted by molar-refractivity contribution is -0.891. The molecule has 46 heavy (non-hydrogen) atoms. The van der Waals surface area contributed by atoms with E-state index in [-0.39, 0.29) is 11.9 Å². The standard InChI is InChI=1S/C40H78N2O4/c1-37(2)39(43)45-35-29-23-17-13-9-11-15-19-25-31-41(5,6)33-27-21-22-28-34-42(7,8)32-26-20-16-12-10-14-18-24-30-36-46-40(44)38(3)4/h1,3,9-36H2,2,4-8H3/q+2. The highest BCUT2D eigenvalue weighted by Gasteiger charge is 2.16. The highest BCUT2D eigenvalue weighted by atomic mass is 16.5. The molecule has 0 fully saturated rings. The van der Waals surface area contributed by atoms with Gasteiger partial charge in [0.2, 0.25) is 0 Å². The summed E-state index contributed by atoms with van der Waals surface area (Å²) >= 11 is 0. The van der Waals surface area contributed by atoms with Crippen molar-refractivity contribution in [1.29, 1.82) is 0 Å². The van der Waals surface area contributed by atoms with Crippen molar-refractivity contribution in [2.24, 2.45) is 0 Å². The van der Waals surface area contributed by atoms with E-state index in [1.807, 2.05) is 0 Å². The number of hydrogen-bond donors (Lipinski definition) is 0. The summed E-state index contributed by atoms with van der Waals surface area (Å²) in [5.41, 5.74) is 0.970. The Labute approximate surface area is 286 Å². The van der Waals surface area contributed by atoms with Crippen molar-refractivity contribution in [3.63, 3.8) is 0 Å². The zero-order valence-corrected chi connectivity index (χ0v) is 31.7. The molecule has 0 aromatic carbocycles. The minimum atomic E-state index is -0.261. The second kappa shape index (κ2) is 28.4. The van der Waals surface area contributed by atoms with E-state index in [1.165, 1.54) is 151 Å². The lowest BCUT2D eigenvalue weighted by Gasteiger charge is -2.31. The van der Waals surface area contributed by atoms with Crippen LogP contribution in [-0.4, -0.2) is 88.5 Å². The molecule has 0 bridgehead atoms. The Morgan fingerprint density at radius 1 is 0.391 bits per heavy atom.